The Morgan fingerprint density at radius 3 is 2.63 bits per heavy atom. The Labute approximate surface area is 110 Å². The zero-order valence-electron chi connectivity index (χ0n) is 10.9. The van der Waals surface area contributed by atoms with Gasteiger partial charge in [0.05, 0.1) is 12.1 Å². The molecular formula is C13H16N4O2. The molecule has 1 aromatic heterocycles. The van der Waals surface area contributed by atoms with Crippen LogP contribution in [0.25, 0.3) is 10.9 Å². The summed E-state index contributed by atoms with van der Waals surface area (Å²) in [5.74, 6) is -0.796. The lowest BCUT2D eigenvalue weighted by Gasteiger charge is -2.13. The third-order valence-electron chi connectivity index (χ3n) is 2.66. The van der Waals surface area contributed by atoms with Crippen molar-refractivity contribution in [3.8, 4) is 0 Å². The number of nitrogens with two attached hydrogens (primary N) is 1. The van der Waals surface area contributed by atoms with Crippen molar-refractivity contribution in [3.05, 3.63) is 36.0 Å². The summed E-state index contributed by atoms with van der Waals surface area (Å²) in [5.41, 5.74) is 9.01. The van der Waals surface area contributed by atoms with Crippen LogP contribution in [-0.4, -0.2) is 42.0 Å². The second-order valence-corrected chi connectivity index (χ2v) is 4.56. The molecule has 0 aliphatic heterocycles. The lowest BCUT2D eigenvalue weighted by Crippen LogP contribution is -2.34. The van der Waals surface area contributed by atoms with Gasteiger partial charge in [-0.05, 0) is 26.2 Å². The van der Waals surface area contributed by atoms with E-state index in [2.05, 4.69) is 5.43 Å². The second kappa shape index (κ2) is 5.11. The van der Waals surface area contributed by atoms with Crippen molar-refractivity contribution >= 4 is 22.7 Å². The van der Waals surface area contributed by atoms with Gasteiger partial charge in [0.25, 0.3) is 11.8 Å². The molecule has 2 aromatic rings. The van der Waals surface area contributed by atoms with Gasteiger partial charge in [0.1, 0.15) is 5.69 Å². The molecule has 2 rings (SSSR count). The van der Waals surface area contributed by atoms with E-state index < -0.39 is 5.91 Å². The van der Waals surface area contributed by atoms with Crippen LogP contribution in [0.3, 0.4) is 0 Å². The molecule has 1 aromatic carbocycles. The van der Waals surface area contributed by atoms with Gasteiger partial charge in [-0.1, -0.05) is 18.2 Å². The monoisotopic (exact) mass is 260 g/mol. The average Bonchev–Trinajstić information content (AvgIpc) is 2.67. The van der Waals surface area contributed by atoms with Crippen LogP contribution in [0.2, 0.25) is 0 Å². The summed E-state index contributed by atoms with van der Waals surface area (Å²) < 4.78 is 1.43. The molecule has 0 spiro atoms. The maximum absolute atomic E-state index is 11.8. The largest absolute Gasteiger partial charge is 0.364 e. The topological polar surface area (TPSA) is 80.4 Å². The minimum Gasteiger partial charge on any atom is -0.364 e. The Bertz CT molecular complexity index is 631. The molecule has 6 heteroatoms. The number of hydrogen-bond donors (Lipinski definition) is 2. The van der Waals surface area contributed by atoms with Crippen molar-refractivity contribution in [1.82, 2.24) is 9.58 Å². The first-order chi connectivity index (χ1) is 8.99. The van der Waals surface area contributed by atoms with E-state index in [0.29, 0.717) is 0 Å². The van der Waals surface area contributed by atoms with E-state index in [4.69, 9.17) is 5.73 Å². The van der Waals surface area contributed by atoms with Crippen LogP contribution in [0.5, 0.6) is 0 Å². The number of rotatable bonds is 4. The predicted molar refractivity (Wildman–Crippen MR) is 73.4 cm³/mol. The number of likely N-dealkylation sites (N-methyl/N-ethyl adjacent to an activating group) is 1. The number of nitrogens with zero attached hydrogens (tertiary/aromatic N) is 2. The van der Waals surface area contributed by atoms with Crippen LogP contribution >= 0.6 is 0 Å². The van der Waals surface area contributed by atoms with Crippen LogP contribution in [-0.2, 0) is 4.79 Å². The molecular weight excluding hydrogens is 244 g/mol. The number of carbonyl (C=O) groups is 2. The first-order valence-corrected chi connectivity index (χ1v) is 5.84. The van der Waals surface area contributed by atoms with Gasteiger partial charge in [-0.2, -0.15) is 0 Å². The quantitative estimate of drug-likeness (QED) is 0.833. The second-order valence-electron chi connectivity index (χ2n) is 4.56. The average molecular weight is 260 g/mol. The lowest BCUT2D eigenvalue weighted by molar-refractivity contribution is -0.117. The summed E-state index contributed by atoms with van der Waals surface area (Å²) in [4.78, 5) is 25.0. The maximum Gasteiger partial charge on any atom is 0.267 e. The van der Waals surface area contributed by atoms with Crippen molar-refractivity contribution in [3.63, 3.8) is 0 Å². The van der Waals surface area contributed by atoms with Crippen LogP contribution in [0, 0.1) is 0 Å². The van der Waals surface area contributed by atoms with Gasteiger partial charge in [-0.3, -0.25) is 15.0 Å². The predicted octanol–water partition coefficient (Wildman–Crippen LogP) is 0.372. The Kier molecular flexibility index (Phi) is 3.52. The van der Waals surface area contributed by atoms with Gasteiger partial charge in [0.15, 0.2) is 0 Å². The fraction of sp³-hybridized carbons (Fsp3) is 0.231. The first-order valence-electron chi connectivity index (χ1n) is 5.84. The fourth-order valence-electron chi connectivity index (χ4n) is 1.90. The summed E-state index contributed by atoms with van der Waals surface area (Å²) >= 11 is 0. The molecule has 0 saturated heterocycles. The van der Waals surface area contributed by atoms with E-state index in [9.17, 15) is 9.59 Å². The number of hydrogen-bond acceptors (Lipinski definition) is 3. The van der Waals surface area contributed by atoms with Crippen molar-refractivity contribution in [1.29, 1.82) is 0 Å². The van der Waals surface area contributed by atoms with E-state index in [1.807, 2.05) is 24.3 Å². The summed E-state index contributed by atoms with van der Waals surface area (Å²) in [6.45, 7) is 0.227. The number of amides is 2. The summed E-state index contributed by atoms with van der Waals surface area (Å²) in [7, 11) is 3.59. The van der Waals surface area contributed by atoms with Crippen molar-refractivity contribution in [2.75, 3.05) is 26.1 Å². The first kappa shape index (κ1) is 13.1. The van der Waals surface area contributed by atoms with E-state index >= 15 is 0 Å². The third kappa shape index (κ3) is 2.74. The van der Waals surface area contributed by atoms with E-state index in [-0.39, 0.29) is 18.1 Å². The number of para-hydroxylation sites is 1. The molecule has 1 heterocycles. The molecule has 0 aliphatic carbocycles. The minimum absolute atomic E-state index is 0.214. The smallest absolute Gasteiger partial charge is 0.267 e. The molecule has 0 unspecified atom stereocenters. The van der Waals surface area contributed by atoms with Crippen LogP contribution < -0.4 is 11.2 Å². The maximum atomic E-state index is 11.8. The Morgan fingerprint density at radius 2 is 2.00 bits per heavy atom. The Hall–Kier alpha value is -2.34. The SMILES string of the molecule is CN(C)CC(=O)Nn1c(C(N)=O)cc2ccccc21. The Morgan fingerprint density at radius 1 is 1.32 bits per heavy atom. The zero-order valence-corrected chi connectivity index (χ0v) is 10.9. The number of nitrogens with one attached hydrogen (secondary N) is 1. The number of carbonyl (C=O) groups excluding carboxylic acids is 2. The lowest BCUT2D eigenvalue weighted by atomic mass is 10.2. The number of aromatic nitrogens is 1. The minimum atomic E-state index is -0.582. The highest BCUT2D eigenvalue weighted by Crippen LogP contribution is 2.18. The van der Waals surface area contributed by atoms with Crippen LogP contribution in [0.15, 0.2) is 30.3 Å². The molecule has 6 nitrogen and oxygen atoms in total. The highest BCUT2D eigenvalue weighted by molar-refractivity contribution is 5.99. The molecule has 19 heavy (non-hydrogen) atoms. The summed E-state index contributed by atoms with van der Waals surface area (Å²) in [6.07, 6.45) is 0. The molecule has 0 atom stereocenters. The number of primary amides is 1. The van der Waals surface area contributed by atoms with Gasteiger partial charge in [0.2, 0.25) is 0 Å². The van der Waals surface area contributed by atoms with Gasteiger partial charge in [0, 0.05) is 5.39 Å². The third-order valence-corrected chi connectivity index (χ3v) is 2.66. The molecule has 0 radical (unpaired) electrons. The summed E-state index contributed by atoms with van der Waals surface area (Å²) in [6, 6.07) is 9.03. The van der Waals surface area contributed by atoms with E-state index in [1.165, 1.54) is 4.68 Å². The van der Waals surface area contributed by atoms with Crippen molar-refractivity contribution < 1.29 is 9.59 Å². The molecule has 0 bridgehead atoms. The van der Waals surface area contributed by atoms with Crippen LogP contribution in [0.4, 0.5) is 0 Å². The van der Waals surface area contributed by atoms with Gasteiger partial charge < -0.3 is 10.6 Å². The van der Waals surface area contributed by atoms with Gasteiger partial charge >= 0.3 is 0 Å². The molecule has 0 saturated carbocycles. The highest BCUT2D eigenvalue weighted by Gasteiger charge is 2.14. The van der Waals surface area contributed by atoms with E-state index in [0.717, 1.165) is 10.9 Å². The number of benzene rings is 1. The molecule has 0 aliphatic rings. The molecule has 0 fully saturated rings. The zero-order chi connectivity index (χ0) is 14.0. The summed E-state index contributed by atoms with van der Waals surface area (Å²) in [5, 5.41) is 0.849. The molecule has 100 valence electrons. The standard InChI is InChI=1S/C13H16N4O2/c1-16(2)8-12(18)15-17-10-6-4-3-5-9(10)7-11(17)13(14)19/h3-7H,8H2,1-2H3,(H2,14,19)(H,15,18). The van der Waals surface area contributed by atoms with Crippen molar-refractivity contribution in [2.24, 2.45) is 5.73 Å². The van der Waals surface area contributed by atoms with Crippen molar-refractivity contribution in [2.45, 2.75) is 0 Å². The van der Waals surface area contributed by atoms with Gasteiger partial charge in [-0.25, -0.2) is 4.68 Å². The van der Waals surface area contributed by atoms with Crippen LogP contribution in [0.1, 0.15) is 10.5 Å². The number of fused-ring (bicyclic) bond motifs is 1. The Balaban J connectivity index is 2.42. The fourth-order valence-corrected chi connectivity index (χ4v) is 1.90. The van der Waals surface area contributed by atoms with E-state index in [1.54, 1.807) is 25.1 Å². The molecule has 2 amide bonds. The molecule has 3 N–H and O–H groups in total. The highest BCUT2D eigenvalue weighted by atomic mass is 16.2. The normalized spacial score (nSPS) is 10.9. The van der Waals surface area contributed by atoms with Gasteiger partial charge in [-0.15, -0.1) is 0 Å².